The van der Waals surface area contributed by atoms with Gasteiger partial charge in [-0.3, -0.25) is 0 Å². The van der Waals surface area contributed by atoms with E-state index in [-0.39, 0.29) is 22.3 Å². The first-order valence-electron chi connectivity index (χ1n) is 4.12. The number of nitrogens with two attached hydrogens (primary N) is 1. The normalized spacial score (nSPS) is 12.7. The van der Waals surface area contributed by atoms with Crippen molar-refractivity contribution in [2.45, 2.75) is 6.10 Å². The Kier molecular flexibility index (Phi) is 4.01. The van der Waals surface area contributed by atoms with Crippen molar-refractivity contribution >= 4 is 15.9 Å². The standard InChI is InChI=1S/C9H10BrF2NO2/c1-15-6-2-4(11)8(10)9(12)7(6)5(14)3-13/h2,5,14H,3,13H2,1H3. The highest BCUT2D eigenvalue weighted by molar-refractivity contribution is 9.10. The lowest BCUT2D eigenvalue weighted by Gasteiger charge is -2.15. The van der Waals surface area contributed by atoms with Gasteiger partial charge in [0.1, 0.15) is 17.4 Å². The molecule has 0 aliphatic heterocycles. The molecule has 0 aliphatic rings. The number of rotatable bonds is 3. The van der Waals surface area contributed by atoms with E-state index in [4.69, 9.17) is 10.5 Å². The Labute approximate surface area is 94.0 Å². The molecule has 1 atom stereocenters. The van der Waals surface area contributed by atoms with Gasteiger partial charge in [0.15, 0.2) is 0 Å². The minimum absolute atomic E-state index is 0.0637. The van der Waals surface area contributed by atoms with Crippen LogP contribution in [0.15, 0.2) is 10.5 Å². The quantitative estimate of drug-likeness (QED) is 0.830. The molecular formula is C9H10BrF2NO2. The summed E-state index contributed by atoms with van der Waals surface area (Å²) in [6.07, 6.45) is -1.23. The van der Waals surface area contributed by atoms with Gasteiger partial charge in [0, 0.05) is 12.6 Å². The molecule has 3 nitrogen and oxygen atoms in total. The summed E-state index contributed by atoms with van der Waals surface area (Å²) in [4.78, 5) is 0. The van der Waals surface area contributed by atoms with Crippen molar-refractivity contribution in [2.24, 2.45) is 5.73 Å². The number of hydrogen-bond acceptors (Lipinski definition) is 3. The molecule has 0 saturated heterocycles. The Morgan fingerprint density at radius 1 is 1.60 bits per heavy atom. The Morgan fingerprint density at radius 2 is 2.20 bits per heavy atom. The van der Waals surface area contributed by atoms with Crippen molar-refractivity contribution in [3.63, 3.8) is 0 Å². The van der Waals surface area contributed by atoms with Gasteiger partial charge in [0.25, 0.3) is 0 Å². The molecule has 0 bridgehead atoms. The monoisotopic (exact) mass is 281 g/mol. The van der Waals surface area contributed by atoms with Crippen molar-refractivity contribution < 1.29 is 18.6 Å². The third-order valence-electron chi connectivity index (χ3n) is 1.94. The molecule has 1 unspecified atom stereocenters. The SMILES string of the molecule is COc1cc(F)c(Br)c(F)c1C(O)CN. The van der Waals surface area contributed by atoms with Gasteiger partial charge in [0.2, 0.25) is 0 Å². The van der Waals surface area contributed by atoms with Crippen LogP contribution in [-0.4, -0.2) is 18.8 Å². The van der Waals surface area contributed by atoms with Crippen LogP contribution < -0.4 is 10.5 Å². The smallest absolute Gasteiger partial charge is 0.149 e. The summed E-state index contributed by atoms with van der Waals surface area (Å²) >= 11 is 2.73. The second-order valence-corrected chi connectivity index (χ2v) is 3.65. The van der Waals surface area contributed by atoms with Crippen LogP contribution in [0.3, 0.4) is 0 Å². The molecule has 1 aromatic rings. The summed E-state index contributed by atoms with van der Waals surface area (Å²) in [5, 5.41) is 9.45. The first-order valence-corrected chi connectivity index (χ1v) is 4.91. The maximum Gasteiger partial charge on any atom is 0.149 e. The molecule has 0 spiro atoms. The zero-order valence-corrected chi connectivity index (χ0v) is 9.51. The fraction of sp³-hybridized carbons (Fsp3) is 0.333. The molecule has 0 aromatic heterocycles. The highest BCUT2D eigenvalue weighted by atomic mass is 79.9. The van der Waals surface area contributed by atoms with Crippen LogP contribution in [0, 0.1) is 11.6 Å². The topological polar surface area (TPSA) is 55.5 Å². The van der Waals surface area contributed by atoms with Crippen LogP contribution in [0.4, 0.5) is 8.78 Å². The molecule has 0 amide bonds. The van der Waals surface area contributed by atoms with Crippen molar-refractivity contribution in [2.75, 3.05) is 13.7 Å². The van der Waals surface area contributed by atoms with E-state index in [0.29, 0.717) is 0 Å². The fourth-order valence-corrected chi connectivity index (χ4v) is 1.51. The molecular weight excluding hydrogens is 272 g/mol. The Balaban J connectivity index is 3.40. The second-order valence-electron chi connectivity index (χ2n) is 2.85. The molecule has 84 valence electrons. The summed E-state index contributed by atoms with van der Waals surface area (Å²) in [6, 6.07) is 0.987. The minimum Gasteiger partial charge on any atom is -0.496 e. The summed E-state index contributed by atoms with van der Waals surface area (Å²) in [6.45, 7) is -0.175. The molecule has 0 saturated carbocycles. The molecule has 0 heterocycles. The van der Waals surface area contributed by atoms with E-state index < -0.39 is 17.7 Å². The van der Waals surface area contributed by atoms with Crippen LogP contribution in [0.2, 0.25) is 0 Å². The van der Waals surface area contributed by atoms with Gasteiger partial charge in [-0.05, 0) is 15.9 Å². The van der Waals surface area contributed by atoms with Crippen LogP contribution >= 0.6 is 15.9 Å². The van der Waals surface area contributed by atoms with Crippen molar-refractivity contribution in [3.8, 4) is 5.75 Å². The lowest BCUT2D eigenvalue weighted by molar-refractivity contribution is 0.176. The predicted molar refractivity (Wildman–Crippen MR) is 54.6 cm³/mol. The van der Waals surface area contributed by atoms with E-state index in [2.05, 4.69) is 15.9 Å². The van der Waals surface area contributed by atoms with Crippen LogP contribution in [0.1, 0.15) is 11.7 Å². The van der Waals surface area contributed by atoms with Gasteiger partial charge in [-0.2, -0.15) is 0 Å². The largest absolute Gasteiger partial charge is 0.496 e. The van der Waals surface area contributed by atoms with Crippen molar-refractivity contribution in [1.29, 1.82) is 0 Å². The Bertz CT molecular complexity index is 374. The lowest BCUT2D eigenvalue weighted by Crippen LogP contribution is -2.15. The van der Waals surface area contributed by atoms with E-state index in [0.717, 1.165) is 6.07 Å². The number of methoxy groups -OCH3 is 1. The first-order chi connectivity index (χ1) is 7.02. The maximum absolute atomic E-state index is 13.6. The number of aliphatic hydroxyl groups is 1. The molecule has 3 N–H and O–H groups in total. The van der Waals surface area contributed by atoms with E-state index in [1.807, 2.05) is 0 Å². The summed E-state index contributed by atoms with van der Waals surface area (Å²) in [5.74, 6) is -1.76. The number of aliphatic hydroxyl groups excluding tert-OH is 1. The van der Waals surface area contributed by atoms with Crippen molar-refractivity contribution in [1.82, 2.24) is 0 Å². The van der Waals surface area contributed by atoms with E-state index in [1.165, 1.54) is 7.11 Å². The van der Waals surface area contributed by atoms with E-state index >= 15 is 0 Å². The molecule has 1 aromatic carbocycles. The summed E-state index contributed by atoms with van der Waals surface area (Å²) < 4.78 is 31.1. The third kappa shape index (κ3) is 2.27. The van der Waals surface area contributed by atoms with Crippen LogP contribution in [0.25, 0.3) is 0 Å². The van der Waals surface area contributed by atoms with Gasteiger partial charge >= 0.3 is 0 Å². The van der Waals surface area contributed by atoms with Gasteiger partial charge in [-0.1, -0.05) is 0 Å². The Morgan fingerprint density at radius 3 is 2.67 bits per heavy atom. The van der Waals surface area contributed by atoms with Gasteiger partial charge < -0.3 is 15.6 Å². The molecule has 1 rings (SSSR count). The zero-order chi connectivity index (χ0) is 11.6. The third-order valence-corrected chi connectivity index (χ3v) is 2.67. The average molecular weight is 282 g/mol. The van der Waals surface area contributed by atoms with Gasteiger partial charge in [0.05, 0.1) is 23.2 Å². The number of halogens is 3. The highest BCUT2D eigenvalue weighted by Crippen LogP contribution is 2.34. The predicted octanol–water partition coefficient (Wildman–Crippen LogP) is 1.73. The Hall–Kier alpha value is -0.720. The highest BCUT2D eigenvalue weighted by Gasteiger charge is 2.22. The van der Waals surface area contributed by atoms with E-state index in [9.17, 15) is 13.9 Å². The number of benzene rings is 1. The average Bonchev–Trinajstić information content (AvgIpc) is 2.24. The lowest BCUT2D eigenvalue weighted by atomic mass is 10.1. The number of ether oxygens (including phenoxy) is 1. The zero-order valence-electron chi connectivity index (χ0n) is 7.93. The van der Waals surface area contributed by atoms with Gasteiger partial charge in [-0.25, -0.2) is 8.78 Å². The molecule has 15 heavy (non-hydrogen) atoms. The summed E-state index contributed by atoms with van der Waals surface area (Å²) in [7, 11) is 1.26. The molecule has 0 fully saturated rings. The van der Waals surface area contributed by atoms with Crippen LogP contribution in [-0.2, 0) is 0 Å². The van der Waals surface area contributed by atoms with Crippen LogP contribution in [0.5, 0.6) is 5.75 Å². The van der Waals surface area contributed by atoms with Gasteiger partial charge in [-0.15, -0.1) is 0 Å². The van der Waals surface area contributed by atoms with E-state index in [1.54, 1.807) is 0 Å². The molecule has 0 aliphatic carbocycles. The summed E-state index contributed by atoms with van der Waals surface area (Å²) in [5.41, 5.74) is 5.06. The second kappa shape index (κ2) is 4.87. The fourth-order valence-electron chi connectivity index (χ4n) is 1.18. The minimum atomic E-state index is -1.23. The molecule has 6 heteroatoms. The number of hydrogen-bond donors (Lipinski definition) is 2. The maximum atomic E-state index is 13.6. The molecule has 0 radical (unpaired) electrons. The first kappa shape index (κ1) is 12.4. The van der Waals surface area contributed by atoms with Crippen molar-refractivity contribution in [3.05, 3.63) is 27.7 Å².